The molecular weight excluding hydrogens is 332 g/mol. The molecule has 1 aliphatic rings. The third-order valence-corrected chi connectivity index (χ3v) is 4.61. The van der Waals surface area contributed by atoms with Gasteiger partial charge in [-0.05, 0) is 44.9 Å². The molecule has 1 fully saturated rings. The van der Waals surface area contributed by atoms with Crippen molar-refractivity contribution in [3.8, 4) is 0 Å². The molecule has 1 saturated carbocycles. The van der Waals surface area contributed by atoms with Gasteiger partial charge in [-0.3, -0.25) is 4.79 Å². The van der Waals surface area contributed by atoms with Crippen LogP contribution < -0.4 is 5.32 Å². The van der Waals surface area contributed by atoms with Crippen molar-refractivity contribution in [1.82, 2.24) is 4.57 Å². The van der Waals surface area contributed by atoms with Crippen LogP contribution in [-0.2, 0) is 4.74 Å². The topological polar surface area (TPSA) is 80.6 Å². The predicted octanol–water partition coefficient (Wildman–Crippen LogP) is 2.88. The Kier molecular flexibility index (Phi) is 5.42. The van der Waals surface area contributed by atoms with Crippen LogP contribution in [0.25, 0.3) is 0 Å². The van der Waals surface area contributed by atoms with Gasteiger partial charge in [0.25, 0.3) is 0 Å². The molecule has 2 aromatic rings. The van der Waals surface area contributed by atoms with Crippen molar-refractivity contribution >= 4 is 17.4 Å². The lowest BCUT2D eigenvalue weighted by molar-refractivity contribution is 0.0475. The van der Waals surface area contributed by atoms with E-state index >= 15 is 0 Å². The number of nitrogens with zero attached hydrogens (tertiary/aromatic N) is 1. The van der Waals surface area contributed by atoms with E-state index in [1.54, 1.807) is 24.3 Å². The summed E-state index contributed by atoms with van der Waals surface area (Å²) in [6, 6.07) is 9.26. The first-order valence-electron chi connectivity index (χ1n) is 8.85. The number of ether oxygens (including phenoxy) is 1. The van der Waals surface area contributed by atoms with Crippen molar-refractivity contribution in [3.63, 3.8) is 0 Å². The Hall–Kier alpha value is -2.60. The highest BCUT2D eigenvalue weighted by atomic mass is 16.5. The van der Waals surface area contributed by atoms with Gasteiger partial charge >= 0.3 is 5.97 Å². The van der Waals surface area contributed by atoms with Crippen molar-refractivity contribution in [1.29, 1.82) is 0 Å². The highest BCUT2D eigenvalue weighted by molar-refractivity contribution is 6.01. The fraction of sp³-hybridized carbons (Fsp3) is 0.400. The summed E-state index contributed by atoms with van der Waals surface area (Å²) in [5, 5.41) is 11.9. The lowest BCUT2D eigenvalue weighted by Gasteiger charge is -2.11. The highest BCUT2D eigenvalue weighted by Crippen LogP contribution is 2.38. The number of aryl methyl sites for hydroxylation is 1. The van der Waals surface area contributed by atoms with Gasteiger partial charge in [-0.15, -0.1) is 0 Å². The zero-order valence-electron chi connectivity index (χ0n) is 15.1. The molecule has 6 heteroatoms. The average Bonchev–Trinajstić information content (AvgIpc) is 3.42. The van der Waals surface area contributed by atoms with Crippen molar-refractivity contribution < 1.29 is 19.4 Å². The number of aromatic nitrogens is 1. The number of hydrogen-bond acceptors (Lipinski definition) is 5. The molecule has 1 aliphatic carbocycles. The molecule has 0 atom stereocenters. The Balaban J connectivity index is 1.67. The minimum Gasteiger partial charge on any atom is -0.454 e. The van der Waals surface area contributed by atoms with Crippen LogP contribution >= 0.6 is 0 Å². The standard InChI is InChI=1S/C20H24N2O4/c1-13-11-17(14(2)22(13)15-7-8-15)19(24)12-26-20(25)16-5-3-4-6-18(16)21-9-10-23/h3-6,11,15,21,23H,7-10,12H2,1-2H3. The number of carbonyl (C=O) groups is 2. The van der Waals surface area contributed by atoms with E-state index in [1.807, 2.05) is 19.9 Å². The van der Waals surface area contributed by atoms with Crippen molar-refractivity contribution in [2.75, 3.05) is 25.1 Å². The molecule has 0 amide bonds. The molecule has 0 radical (unpaired) electrons. The maximum absolute atomic E-state index is 12.5. The van der Waals surface area contributed by atoms with Gasteiger partial charge < -0.3 is 19.7 Å². The summed E-state index contributed by atoms with van der Waals surface area (Å²) in [4.78, 5) is 24.9. The Labute approximate surface area is 152 Å². The van der Waals surface area contributed by atoms with Crippen LogP contribution in [0.5, 0.6) is 0 Å². The maximum atomic E-state index is 12.5. The van der Waals surface area contributed by atoms with Crippen LogP contribution in [0, 0.1) is 13.8 Å². The quantitative estimate of drug-likeness (QED) is 0.561. The number of esters is 1. The Morgan fingerprint density at radius 2 is 1.96 bits per heavy atom. The summed E-state index contributed by atoms with van der Waals surface area (Å²) < 4.78 is 7.44. The molecule has 2 N–H and O–H groups in total. The number of Topliss-reactive ketones (excluding diaryl/α,β-unsaturated/α-hetero) is 1. The number of para-hydroxylation sites is 1. The lowest BCUT2D eigenvalue weighted by Crippen LogP contribution is -2.17. The highest BCUT2D eigenvalue weighted by Gasteiger charge is 2.28. The van der Waals surface area contributed by atoms with Gasteiger partial charge in [-0.2, -0.15) is 0 Å². The van der Waals surface area contributed by atoms with Gasteiger partial charge in [0.15, 0.2) is 6.61 Å². The normalized spacial score (nSPS) is 13.5. The first-order valence-corrected chi connectivity index (χ1v) is 8.85. The van der Waals surface area contributed by atoms with Crippen molar-refractivity contribution in [2.45, 2.75) is 32.7 Å². The predicted molar refractivity (Wildman–Crippen MR) is 98.8 cm³/mol. The molecule has 1 aromatic heterocycles. The van der Waals surface area contributed by atoms with E-state index in [9.17, 15) is 9.59 Å². The molecule has 1 heterocycles. The molecule has 0 unspecified atom stereocenters. The summed E-state index contributed by atoms with van der Waals surface area (Å²) >= 11 is 0. The number of hydrogen-bond donors (Lipinski definition) is 2. The SMILES string of the molecule is Cc1cc(C(=O)COC(=O)c2ccccc2NCCO)c(C)n1C1CC1. The van der Waals surface area contributed by atoms with E-state index in [-0.39, 0.29) is 19.0 Å². The fourth-order valence-electron chi connectivity index (χ4n) is 3.25. The van der Waals surface area contributed by atoms with E-state index in [4.69, 9.17) is 9.84 Å². The fourth-order valence-corrected chi connectivity index (χ4v) is 3.25. The third-order valence-electron chi connectivity index (χ3n) is 4.61. The summed E-state index contributed by atoms with van der Waals surface area (Å²) in [6.45, 7) is 3.93. The van der Waals surface area contributed by atoms with Crippen molar-refractivity contribution in [2.24, 2.45) is 0 Å². The van der Waals surface area contributed by atoms with Gasteiger partial charge in [0, 0.05) is 35.2 Å². The van der Waals surface area contributed by atoms with Gasteiger partial charge in [-0.25, -0.2) is 4.79 Å². The monoisotopic (exact) mass is 356 g/mol. The van der Waals surface area contributed by atoms with Crippen LogP contribution in [0.4, 0.5) is 5.69 Å². The molecule has 138 valence electrons. The molecule has 0 bridgehead atoms. The number of benzene rings is 1. The van der Waals surface area contributed by atoms with Crippen molar-refractivity contribution in [3.05, 3.63) is 52.8 Å². The molecule has 3 rings (SSSR count). The number of rotatable bonds is 8. The third kappa shape index (κ3) is 3.80. The number of aliphatic hydroxyl groups excluding tert-OH is 1. The van der Waals surface area contributed by atoms with Crippen LogP contribution in [0.15, 0.2) is 30.3 Å². The molecule has 0 aliphatic heterocycles. The average molecular weight is 356 g/mol. The molecular formula is C20H24N2O4. The van der Waals surface area contributed by atoms with E-state index in [0.717, 1.165) is 24.2 Å². The number of anilines is 1. The second-order valence-electron chi connectivity index (χ2n) is 6.58. The minimum atomic E-state index is -0.560. The number of carbonyl (C=O) groups excluding carboxylic acids is 2. The second kappa shape index (κ2) is 7.74. The van der Waals surface area contributed by atoms with Gasteiger partial charge in [0.05, 0.1) is 12.2 Å². The maximum Gasteiger partial charge on any atom is 0.340 e. The summed E-state index contributed by atoms with van der Waals surface area (Å²) in [5.74, 6) is -0.755. The van der Waals surface area contributed by atoms with Crippen LogP contribution in [-0.4, -0.2) is 41.2 Å². The van der Waals surface area contributed by atoms with Gasteiger partial charge in [-0.1, -0.05) is 12.1 Å². The van der Waals surface area contributed by atoms with E-state index in [2.05, 4.69) is 9.88 Å². The Bertz CT molecular complexity index is 821. The molecule has 1 aromatic carbocycles. The van der Waals surface area contributed by atoms with Crippen LogP contribution in [0.1, 0.15) is 51.0 Å². The molecule has 6 nitrogen and oxygen atoms in total. The largest absolute Gasteiger partial charge is 0.454 e. The van der Waals surface area contributed by atoms with E-state index in [1.165, 1.54) is 0 Å². The first kappa shape index (κ1) is 18.2. The zero-order valence-corrected chi connectivity index (χ0v) is 15.1. The van der Waals surface area contributed by atoms with Crippen LogP contribution in [0.2, 0.25) is 0 Å². The summed E-state index contributed by atoms with van der Waals surface area (Å²) in [7, 11) is 0. The number of ketones is 1. The van der Waals surface area contributed by atoms with Crippen LogP contribution in [0.3, 0.4) is 0 Å². The lowest BCUT2D eigenvalue weighted by atomic mass is 10.1. The Morgan fingerprint density at radius 3 is 2.65 bits per heavy atom. The molecule has 0 spiro atoms. The minimum absolute atomic E-state index is 0.0432. The number of aliphatic hydroxyl groups is 1. The molecule has 26 heavy (non-hydrogen) atoms. The number of nitrogens with one attached hydrogen (secondary N) is 1. The van der Waals surface area contributed by atoms with Gasteiger partial charge in [0.2, 0.25) is 5.78 Å². The first-order chi connectivity index (χ1) is 12.5. The summed E-state index contributed by atoms with van der Waals surface area (Å²) in [5.41, 5.74) is 3.55. The van der Waals surface area contributed by atoms with E-state index in [0.29, 0.717) is 29.4 Å². The molecule has 0 saturated heterocycles. The Morgan fingerprint density at radius 1 is 1.23 bits per heavy atom. The van der Waals surface area contributed by atoms with Gasteiger partial charge in [0.1, 0.15) is 0 Å². The smallest absolute Gasteiger partial charge is 0.340 e. The zero-order chi connectivity index (χ0) is 18.7. The second-order valence-corrected chi connectivity index (χ2v) is 6.58. The summed E-state index contributed by atoms with van der Waals surface area (Å²) in [6.07, 6.45) is 2.30. The van der Waals surface area contributed by atoms with E-state index < -0.39 is 5.97 Å².